The van der Waals surface area contributed by atoms with E-state index in [0.717, 1.165) is 45.6 Å². The first kappa shape index (κ1) is 17.4. The van der Waals surface area contributed by atoms with Crippen LogP contribution < -0.4 is 0 Å². The van der Waals surface area contributed by atoms with E-state index in [1.165, 1.54) is 12.5 Å². The number of halogens is 1. The number of benzene rings is 1. The summed E-state index contributed by atoms with van der Waals surface area (Å²) in [6.07, 6.45) is 3.15. The molecule has 2 saturated heterocycles. The van der Waals surface area contributed by atoms with Crippen LogP contribution in [0.2, 0.25) is 0 Å². The molecule has 1 spiro atoms. The van der Waals surface area contributed by atoms with Gasteiger partial charge in [0.25, 0.3) is 5.91 Å². The molecule has 132 valence electrons. The summed E-state index contributed by atoms with van der Waals surface area (Å²) in [5.41, 5.74) is 1.20. The molecule has 0 bridgehead atoms. The Kier molecular flexibility index (Phi) is 4.92. The fourth-order valence-corrected chi connectivity index (χ4v) is 4.09. The Morgan fingerprint density at radius 3 is 2.50 bits per heavy atom. The van der Waals surface area contributed by atoms with Crippen LogP contribution in [0.5, 0.6) is 0 Å². The average Bonchev–Trinajstić information content (AvgIpc) is 2.69. The van der Waals surface area contributed by atoms with Crippen LogP contribution in [0, 0.1) is 12.7 Å². The number of carbonyl (C=O) groups excluding carboxylic acids is 1. The SMILES string of the molecule is Cc1ccc(C(=O)N2CCC3(CC2)CN(C)CCCN3C)cc1F. The Labute approximate surface area is 144 Å². The fourth-order valence-electron chi connectivity index (χ4n) is 4.09. The van der Waals surface area contributed by atoms with Gasteiger partial charge in [0.15, 0.2) is 0 Å². The third-order valence-corrected chi connectivity index (χ3v) is 5.81. The molecular formula is C19H28FN3O. The van der Waals surface area contributed by atoms with E-state index in [0.29, 0.717) is 11.1 Å². The lowest BCUT2D eigenvalue weighted by Gasteiger charge is -2.47. The molecule has 1 amide bonds. The quantitative estimate of drug-likeness (QED) is 0.789. The van der Waals surface area contributed by atoms with Crippen molar-refractivity contribution in [2.24, 2.45) is 0 Å². The van der Waals surface area contributed by atoms with Crippen LogP contribution in [0.15, 0.2) is 18.2 Å². The van der Waals surface area contributed by atoms with Crippen molar-refractivity contribution in [2.75, 3.05) is 46.8 Å². The minimum Gasteiger partial charge on any atom is -0.339 e. The highest BCUT2D eigenvalue weighted by molar-refractivity contribution is 5.94. The monoisotopic (exact) mass is 333 g/mol. The van der Waals surface area contributed by atoms with Crippen LogP contribution in [0.1, 0.15) is 35.2 Å². The van der Waals surface area contributed by atoms with Crippen molar-refractivity contribution in [3.63, 3.8) is 0 Å². The van der Waals surface area contributed by atoms with Crippen LogP contribution >= 0.6 is 0 Å². The molecule has 1 aromatic carbocycles. The summed E-state index contributed by atoms with van der Waals surface area (Å²) < 4.78 is 13.7. The number of hydrogen-bond donors (Lipinski definition) is 0. The highest BCUT2D eigenvalue weighted by Gasteiger charge is 2.41. The zero-order chi connectivity index (χ0) is 17.3. The summed E-state index contributed by atoms with van der Waals surface area (Å²) >= 11 is 0. The topological polar surface area (TPSA) is 26.8 Å². The molecule has 2 heterocycles. The van der Waals surface area contributed by atoms with E-state index < -0.39 is 0 Å². The second-order valence-electron chi connectivity index (χ2n) is 7.49. The molecule has 0 atom stereocenters. The molecule has 2 aliphatic rings. The molecule has 4 nitrogen and oxygen atoms in total. The summed E-state index contributed by atoms with van der Waals surface area (Å²) in [6.45, 7) is 6.51. The number of aryl methyl sites for hydroxylation is 1. The van der Waals surface area contributed by atoms with Crippen molar-refractivity contribution in [3.8, 4) is 0 Å². The van der Waals surface area contributed by atoms with E-state index in [1.54, 1.807) is 19.1 Å². The lowest BCUT2D eigenvalue weighted by Crippen LogP contribution is -2.58. The van der Waals surface area contributed by atoms with Crippen LogP contribution in [0.4, 0.5) is 4.39 Å². The minimum atomic E-state index is -0.306. The third-order valence-electron chi connectivity index (χ3n) is 5.81. The molecule has 0 unspecified atom stereocenters. The van der Waals surface area contributed by atoms with Gasteiger partial charge in [-0.15, -0.1) is 0 Å². The minimum absolute atomic E-state index is 0.0478. The van der Waals surface area contributed by atoms with E-state index in [1.807, 2.05) is 4.90 Å². The zero-order valence-corrected chi connectivity index (χ0v) is 15.0. The van der Waals surface area contributed by atoms with E-state index in [4.69, 9.17) is 0 Å². The molecule has 0 N–H and O–H groups in total. The van der Waals surface area contributed by atoms with Gasteiger partial charge in [0.1, 0.15) is 5.82 Å². The fraction of sp³-hybridized carbons (Fsp3) is 0.632. The number of rotatable bonds is 1. The number of likely N-dealkylation sites (tertiary alicyclic amines) is 1. The molecule has 5 heteroatoms. The maximum absolute atomic E-state index is 13.7. The maximum Gasteiger partial charge on any atom is 0.253 e. The van der Waals surface area contributed by atoms with Gasteiger partial charge in [-0.3, -0.25) is 9.69 Å². The average molecular weight is 333 g/mol. The summed E-state index contributed by atoms with van der Waals surface area (Å²) in [4.78, 5) is 19.5. The first-order valence-electron chi connectivity index (χ1n) is 8.86. The molecular weight excluding hydrogens is 305 g/mol. The van der Waals surface area contributed by atoms with Crippen molar-refractivity contribution in [1.29, 1.82) is 0 Å². The number of likely N-dealkylation sites (N-methyl/N-ethyl adjacent to an activating group) is 2. The number of hydrogen-bond acceptors (Lipinski definition) is 3. The Bertz CT molecular complexity index is 611. The molecule has 2 aliphatic heterocycles. The van der Waals surface area contributed by atoms with E-state index in [2.05, 4.69) is 23.9 Å². The predicted octanol–water partition coefficient (Wildman–Crippen LogP) is 2.38. The Hall–Kier alpha value is -1.46. The van der Waals surface area contributed by atoms with Crippen molar-refractivity contribution >= 4 is 5.91 Å². The van der Waals surface area contributed by atoms with Crippen LogP contribution in [-0.2, 0) is 0 Å². The first-order valence-corrected chi connectivity index (χ1v) is 8.86. The standard InChI is InChI=1S/C19H28FN3O/c1-15-5-6-16(13-17(15)20)18(24)23-11-7-19(8-12-23)14-21(2)9-4-10-22(19)3/h5-6,13H,4,7-12,14H2,1-3H3. The molecule has 2 fully saturated rings. The zero-order valence-electron chi connectivity index (χ0n) is 15.0. The van der Waals surface area contributed by atoms with Crippen molar-refractivity contribution in [3.05, 3.63) is 35.1 Å². The van der Waals surface area contributed by atoms with Gasteiger partial charge in [-0.2, -0.15) is 0 Å². The van der Waals surface area contributed by atoms with Crippen LogP contribution in [-0.4, -0.2) is 73.0 Å². The maximum atomic E-state index is 13.7. The first-order chi connectivity index (χ1) is 11.4. The molecule has 1 aromatic rings. The van der Waals surface area contributed by atoms with Gasteiger partial charge in [0, 0.05) is 30.7 Å². The third kappa shape index (κ3) is 3.33. The van der Waals surface area contributed by atoms with Gasteiger partial charge >= 0.3 is 0 Å². The summed E-state index contributed by atoms with van der Waals surface area (Å²) in [7, 11) is 4.40. The van der Waals surface area contributed by atoms with Crippen LogP contribution in [0.25, 0.3) is 0 Å². The van der Waals surface area contributed by atoms with Gasteiger partial charge in [0.2, 0.25) is 0 Å². The lowest BCUT2D eigenvalue weighted by atomic mass is 9.85. The highest BCUT2D eigenvalue weighted by atomic mass is 19.1. The van der Waals surface area contributed by atoms with Gasteiger partial charge in [-0.1, -0.05) is 6.07 Å². The Morgan fingerprint density at radius 2 is 1.83 bits per heavy atom. The molecule has 24 heavy (non-hydrogen) atoms. The molecule has 0 radical (unpaired) electrons. The number of piperidine rings is 1. The molecule has 3 rings (SSSR count). The number of nitrogens with zero attached hydrogens (tertiary/aromatic N) is 3. The van der Waals surface area contributed by atoms with Gasteiger partial charge in [0.05, 0.1) is 0 Å². The van der Waals surface area contributed by atoms with Gasteiger partial charge < -0.3 is 9.80 Å². The molecule has 0 aliphatic carbocycles. The lowest BCUT2D eigenvalue weighted by molar-refractivity contribution is 0.0281. The van der Waals surface area contributed by atoms with Crippen molar-refractivity contribution in [2.45, 2.75) is 31.7 Å². The van der Waals surface area contributed by atoms with Gasteiger partial charge in [-0.05, 0) is 71.1 Å². The normalized spacial score (nSPS) is 22.6. The summed E-state index contributed by atoms with van der Waals surface area (Å²) in [6, 6.07) is 4.78. The second kappa shape index (κ2) is 6.81. The smallest absolute Gasteiger partial charge is 0.253 e. The summed E-state index contributed by atoms with van der Waals surface area (Å²) in [5.74, 6) is -0.354. The van der Waals surface area contributed by atoms with E-state index in [-0.39, 0.29) is 17.3 Å². The second-order valence-corrected chi connectivity index (χ2v) is 7.49. The Morgan fingerprint density at radius 1 is 1.12 bits per heavy atom. The number of carbonyl (C=O) groups is 1. The number of amides is 1. The molecule has 0 aromatic heterocycles. The predicted molar refractivity (Wildman–Crippen MR) is 93.7 cm³/mol. The van der Waals surface area contributed by atoms with Crippen molar-refractivity contribution in [1.82, 2.24) is 14.7 Å². The highest BCUT2D eigenvalue weighted by Crippen LogP contribution is 2.31. The van der Waals surface area contributed by atoms with Gasteiger partial charge in [-0.25, -0.2) is 4.39 Å². The van der Waals surface area contributed by atoms with E-state index in [9.17, 15) is 9.18 Å². The van der Waals surface area contributed by atoms with Crippen LogP contribution in [0.3, 0.4) is 0 Å². The summed E-state index contributed by atoms with van der Waals surface area (Å²) in [5, 5.41) is 0. The van der Waals surface area contributed by atoms with Crippen molar-refractivity contribution < 1.29 is 9.18 Å². The molecule has 0 saturated carbocycles. The largest absolute Gasteiger partial charge is 0.339 e. The Balaban J connectivity index is 1.69. The van der Waals surface area contributed by atoms with E-state index >= 15 is 0 Å².